The second-order valence-corrected chi connectivity index (χ2v) is 9.21. The number of aromatic nitrogens is 2. The molecule has 0 saturated heterocycles. The molecule has 5 rings (SSSR count). The van der Waals surface area contributed by atoms with Crippen molar-refractivity contribution in [3.8, 4) is 11.1 Å². The van der Waals surface area contributed by atoms with Crippen molar-refractivity contribution >= 4 is 16.6 Å². The minimum Gasteiger partial charge on any atom is -0.389 e. The number of hydrogen-bond donors (Lipinski definition) is 4. The summed E-state index contributed by atoms with van der Waals surface area (Å²) in [4.78, 5) is 7.17. The molecule has 0 radical (unpaired) electrons. The molecule has 0 aliphatic carbocycles. The summed E-state index contributed by atoms with van der Waals surface area (Å²) in [6, 6.07) is 9.73. The van der Waals surface area contributed by atoms with Crippen LogP contribution in [0, 0.1) is 18.6 Å². The van der Waals surface area contributed by atoms with E-state index in [1.54, 1.807) is 24.5 Å². The van der Waals surface area contributed by atoms with Crippen LogP contribution in [-0.2, 0) is 6.54 Å². The standard InChI is InChI=1S/C26H26F2N4O/c1-14-12-30-23-16(14)5-4-6-17(23)20-18(27)11-19-21(22(20)28)24(25(33)26(2,3)32-19)31-13-15-7-9-29-10-8-15/h4-12,24-25,30-33H,13H2,1-3H3/t24-,25?/m0/s1. The molecule has 2 aromatic carbocycles. The lowest BCUT2D eigenvalue weighted by molar-refractivity contribution is 0.0663. The van der Waals surface area contributed by atoms with Gasteiger partial charge in [0.15, 0.2) is 0 Å². The molecule has 0 spiro atoms. The number of H-pyrrole nitrogens is 1. The van der Waals surface area contributed by atoms with E-state index in [-0.39, 0.29) is 11.1 Å². The van der Waals surface area contributed by atoms with E-state index < -0.39 is 29.3 Å². The fourth-order valence-corrected chi connectivity index (χ4v) is 4.73. The number of benzene rings is 2. The zero-order valence-electron chi connectivity index (χ0n) is 18.7. The Morgan fingerprint density at radius 3 is 2.67 bits per heavy atom. The summed E-state index contributed by atoms with van der Waals surface area (Å²) in [6.07, 6.45) is 4.24. The summed E-state index contributed by atoms with van der Waals surface area (Å²) < 4.78 is 31.6. The average Bonchev–Trinajstić information content (AvgIpc) is 3.16. The molecule has 4 aromatic rings. The molecule has 2 atom stereocenters. The van der Waals surface area contributed by atoms with Crippen molar-refractivity contribution in [2.24, 2.45) is 0 Å². The Balaban J connectivity index is 1.66. The third-order valence-corrected chi connectivity index (χ3v) is 6.55. The first kappa shape index (κ1) is 21.6. The van der Waals surface area contributed by atoms with Crippen LogP contribution in [0.15, 0.2) is 55.0 Å². The predicted molar refractivity (Wildman–Crippen MR) is 126 cm³/mol. The first-order valence-corrected chi connectivity index (χ1v) is 11.0. The fourth-order valence-electron chi connectivity index (χ4n) is 4.73. The van der Waals surface area contributed by atoms with Crippen LogP contribution in [0.3, 0.4) is 0 Å². The highest BCUT2D eigenvalue weighted by Crippen LogP contribution is 2.44. The molecule has 3 heterocycles. The highest BCUT2D eigenvalue weighted by Gasteiger charge is 2.43. The van der Waals surface area contributed by atoms with E-state index in [4.69, 9.17) is 0 Å². The summed E-state index contributed by atoms with van der Waals surface area (Å²) in [6.45, 7) is 5.97. The normalized spacial score (nSPS) is 19.3. The van der Waals surface area contributed by atoms with Gasteiger partial charge in [0.05, 0.1) is 28.8 Å². The zero-order chi connectivity index (χ0) is 23.3. The van der Waals surface area contributed by atoms with Crippen LogP contribution >= 0.6 is 0 Å². The molecule has 170 valence electrons. The lowest BCUT2D eigenvalue weighted by atomic mass is 9.80. The van der Waals surface area contributed by atoms with Gasteiger partial charge in [-0.15, -0.1) is 0 Å². The van der Waals surface area contributed by atoms with Gasteiger partial charge in [-0.05, 0) is 50.1 Å². The molecule has 2 aromatic heterocycles. The number of aliphatic hydroxyl groups excluding tert-OH is 1. The summed E-state index contributed by atoms with van der Waals surface area (Å²) in [5, 5.41) is 18.5. The number of fused-ring (bicyclic) bond motifs is 2. The van der Waals surface area contributed by atoms with E-state index in [1.807, 2.05) is 45.2 Å². The largest absolute Gasteiger partial charge is 0.389 e. The van der Waals surface area contributed by atoms with Crippen LogP contribution in [0.2, 0.25) is 0 Å². The third kappa shape index (κ3) is 3.57. The van der Waals surface area contributed by atoms with Gasteiger partial charge in [-0.1, -0.05) is 18.2 Å². The Bertz CT molecular complexity index is 1330. The Kier molecular flexibility index (Phi) is 5.18. The maximum atomic E-state index is 16.2. The summed E-state index contributed by atoms with van der Waals surface area (Å²) in [5.74, 6) is -1.34. The SMILES string of the molecule is Cc1c[nH]c2c(-c3c(F)cc4c(c3F)[C@H](NCc3ccncc3)C(O)C(C)(C)N4)cccc12. The Labute approximate surface area is 190 Å². The highest BCUT2D eigenvalue weighted by atomic mass is 19.1. The van der Waals surface area contributed by atoms with Crippen LogP contribution in [0.4, 0.5) is 14.5 Å². The maximum Gasteiger partial charge on any atom is 0.140 e. The molecular formula is C26H26F2N4O. The smallest absolute Gasteiger partial charge is 0.140 e. The van der Waals surface area contributed by atoms with Gasteiger partial charge in [0.2, 0.25) is 0 Å². The van der Waals surface area contributed by atoms with E-state index in [0.29, 0.717) is 23.3 Å². The zero-order valence-corrected chi connectivity index (χ0v) is 18.7. The maximum absolute atomic E-state index is 16.2. The lowest BCUT2D eigenvalue weighted by Gasteiger charge is -2.44. The van der Waals surface area contributed by atoms with Crippen LogP contribution in [0.1, 0.15) is 36.6 Å². The van der Waals surface area contributed by atoms with Gasteiger partial charge in [0.25, 0.3) is 0 Å². The second kappa shape index (κ2) is 7.93. The molecule has 1 aliphatic heterocycles. The molecule has 0 amide bonds. The number of pyridine rings is 1. The quantitative estimate of drug-likeness (QED) is 0.346. The predicted octanol–water partition coefficient (Wildman–Crippen LogP) is 5.21. The number of anilines is 1. The van der Waals surface area contributed by atoms with Gasteiger partial charge in [0.1, 0.15) is 11.6 Å². The van der Waals surface area contributed by atoms with Crippen LogP contribution in [0.5, 0.6) is 0 Å². The molecule has 7 heteroatoms. The first-order valence-electron chi connectivity index (χ1n) is 11.0. The van der Waals surface area contributed by atoms with Crippen molar-refractivity contribution in [2.45, 2.75) is 45.0 Å². The summed E-state index contributed by atoms with van der Waals surface area (Å²) in [5.41, 5.74) is 2.75. The molecule has 0 bridgehead atoms. The molecule has 0 fully saturated rings. The number of nitrogens with one attached hydrogen (secondary N) is 3. The van der Waals surface area contributed by atoms with Gasteiger partial charge in [-0.2, -0.15) is 0 Å². The second-order valence-electron chi connectivity index (χ2n) is 9.21. The van der Waals surface area contributed by atoms with Crippen molar-refractivity contribution in [1.82, 2.24) is 15.3 Å². The fraction of sp³-hybridized carbons (Fsp3) is 0.269. The number of aromatic amines is 1. The van der Waals surface area contributed by atoms with Crippen LogP contribution < -0.4 is 10.6 Å². The van der Waals surface area contributed by atoms with Crippen molar-refractivity contribution in [1.29, 1.82) is 0 Å². The van der Waals surface area contributed by atoms with E-state index in [9.17, 15) is 5.11 Å². The van der Waals surface area contributed by atoms with Crippen molar-refractivity contribution in [2.75, 3.05) is 5.32 Å². The van der Waals surface area contributed by atoms with E-state index in [1.165, 1.54) is 6.07 Å². The number of aliphatic hydroxyl groups is 1. The van der Waals surface area contributed by atoms with Crippen molar-refractivity contribution < 1.29 is 13.9 Å². The number of para-hydroxylation sites is 1. The lowest BCUT2D eigenvalue weighted by Crippen LogP contribution is -2.54. The Morgan fingerprint density at radius 1 is 1.15 bits per heavy atom. The monoisotopic (exact) mass is 448 g/mol. The Morgan fingerprint density at radius 2 is 1.91 bits per heavy atom. The van der Waals surface area contributed by atoms with Crippen molar-refractivity contribution in [3.05, 3.63) is 83.3 Å². The van der Waals surface area contributed by atoms with Gasteiger partial charge in [-0.25, -0.2) is 8.78 Å². The van der Waals surface area contributed by atoms with Gasteiger partial charge < -0.3 is 20.7 Å². The number of hydrogen-bond acceptors (Lipinski definition) is 4. The van der Waals surface area contributed by atoms with E-state index in [2.05, 4.69) is 20.6 Å². The molecule has 33 heavy (non-hydrogen) atoms. The van der Waals surface area contributed by atoms with Crippen molar-refractivity contribution in [3.63, 3.8) is 0 Å². The minimum absolute atomic E-state index is 0.106. The average molecular weight is 449 g/mol. The molecule has 0 saturated carbocycles. The molecule has 4 N–H and O–H groups in total. The topological polar surface area (TPSA) is 73.0 Å². The third-order valence-electron chi connectivity index (χ3n) is 6.55. The summed E-state index contributed by atoms with van der Waals surface area (Å²) in [7, 11) is 0. The molecule has 1 aliphatic rings. The van der Waals surface area contributed by atoms with E-state index in [0.717, 1.165) is 16.5 Å². The van der Waals surface area contributed by atoms with E-state index >= 15 is 8.78 Å². The van der Waals surface area contributed by atoms with Crippen LogP contribution in [0.25, 0.3) is 22.0 Å². The van der Waals surface area contributed by atoms with Gasteiger partial charge in [0, 0.05) is 47.3 Å². The number of halogens is 2. The Hall–Kier alpha value is -3.29. The number of aryl methyl sites for hydroxylation is 1. The minimum atomic E-state index is -0.955. The number of nitrogens with zero attached hydrogens (tertiary/aromatic N) is 1. The van der Waals surface area contributed by atoms with Crippen LogP contribution in [-0.4, -0.2) is 26.7 Å². The first-order chi connectivity index (χ1) is 15.8. The summed E-state index contributed by atoms with van der Waals surface area (Å²) >= 11 is 0. The molecular weight excluding hydrogens is 422 g/mol. The molecule has 1 unspecified atom stereocenters. The molecule has 5 nitrogen and oxygen atoms in total. The van der Waals surface area contributed by atoms with Gasteiger partial charge >= 0.3 is 0 Å². The number of rotatable bonds is 4. The highest BCUT2D eigenvalue weighted by molar-refractivity contribution is 5.96. The van der Waals surface area contributed by atoms with Gasteiger partial charge in [-0.3, -0.25) is 4.98 Å².